The lowest BCUT2D eigenvalue weighted by Crippen LogP contribution is -2.09. The van der Waals surface area contributed by atoms with Crippen molar-refractivity contribution in [1.29, 1.82) is 0 Å². The Morgan fingerprint density at radius 1 is 1.19 bits per heavy atom. The average molecular weight is 222 g/mol. The van der Waals surface area contributed by atoms with Crippen molar-refractivity contribution in [2.45, 2.75) is 19.3 Å². The fourth-order valence-electron chi connectivity index (χ4n) is 3.08. The molecule has 1 aromatic carbocycles. The molecule has 2 fully saturated rings. The smallest absolute Gasteiger partial charge is 0.169 e. The van der Waals surface area contributed by atoms with E-state index in [9.17, 15) is 13.6 Å². The molecule has 2 atom stereocenters. The van der Waals surface area contributed by atoms with Crippen LogP contribution in [0.3, 0.4) is 0 Å². The third kappa shape index (κ3) is 1.30. The minimum absolute atomic E-state index is 0.0370. The molecule has 0 heterocycles. The van der Waals surface area contributed by atoms with Crippen molar-refractivity contribution >= 4 is 5.78 Å². The second-order valence-electron chi connectivity index (χ2n) is 4.75. The van der Waals surface area contributed by atoms with E-state index in [4.69, 9.17) is 0 Å². The van der Waals surface area contributed by atoms with Crippen molar-refractivity contribution in [2.75, 3.05) is 0 Å². The molecule has 2 unspecified atom stereocenters. The van der Waals surface area contributed by atoms with Gasteiger partial charge >= 0.3 is 0 Å². The van der Waals surface area contributed by atoms with Gasteiger partial charge < -0.3 is 0 Å². The molecule has 0 amide bonds. The summed E-state index contributed by atoms with van der Waals surface area (Å²) in [4.78, 5) is 12.0. The van der Waals surface area contributed by atoms with Crippen LogP contribution in [-0.4, -0.2) is 5.78 Å². The molecule has 16 heavy (non-hydrogen) atoms. The molecule has 0 aliphatic heterocycles. The third-order valence-corrected chi connectivity index (χ3v) is 3.93. The SMILES string of the molecule is O=C(c1cccc(F)c1F)C1C2CCCC21. The number of benzene rings is 1. The lowest BCUT2D eigenvalue weighted by atomic mass is 10.0. The summed E-state index contributed by atoms with van der Waals surface area (Å²) in [5.41, 5.74) is -0.0700. The predicted octanol–water partition coefficient (Wildman–Crippen LogP) is 3.19. The highest BCUT2D eigenvalue weighted by molar-refractivity contribution is 6.00. The van der Waals surface area contributed by atoms with Crippen molar-refractivity contribution < 1.29 is 13.6 Å². The number of hydrogen-bond donors (Lipinski definition) is 0. The molecule has 0 saturated heterocycles. The van der Waals surface area contributed by atoms with E-state index in [1.165, 1.54) is 18.6 Å². The third-order valence-electron chi connectivity index (χ3n) is 3.93. The Bertz CT molecular complexity index is 445. The van der Waals surface area contributed by atoms with Crippen LogP contribution in [0.15, 0.2) is 18.2 Å². The standard InChI is InChI=1S/C13H12F2O/c14-10-6-2-5-9(12(10)15)13(16)11-7-3-1-4-8(7)11/h2,5-8,11H,1,3-4H2. The number of carbonyl (C=O) groups excluding carboxylic acids is 1. The molecule has 2 saturated carbocycles. The van der Waals surface area contributed by atoms with Gasteiger partial charge in [-0.3, -0.25) is 4.79 Å². The van der Waals surface area contributed by atoms with Crippen LogP contribution in [0.25, 0.3) is 0 Å². The van der Waals surface area contributed by atoms with Crippen LogP contribution in [0.4, 0.5) is 8.78 Å². The zero-order chi connectivity index (χ0) is 11.3. The van der Waals surface area contributed by atoms with Crippen molar-refractivity contribution in [1.82, 2.24) is 0 Å². The number of fused-ring (bicyclic) bond motifs is 1. The molecule has 1 aromatic rings. The maximum absolute atomic E-state index is 13.4. The summed E-state index contributed by atoms with van der Waals surface area (Å²) < 4.78 is 26.4. The summed E-state index contributed by atoms with van der Waals surface area (Å²) in [6.45, 7) is 0. The Morgan fingerprint density at radius 3 is 2.56 bits per heavy atom. The van der Waals surface area contributed by atoms with Gasteiger partial charge in [-0.1, -0.05) is 12.5 Å². The normalized spacial score (nSPS) is 31.2. The van der Waals surface area contributed by atoms with Gasteiger partial charge in [0.15, 0.2) is 17.4 Å². The molecule has 0 radical (unpaired) electrons. The largest absolute Gasteiger partial charge is 0.294 e. The van der Waals surface area contributed by atoms with Crippen LogP contribution >= 0.6 is 0 Å². The van der Waals surface area contributed by atoms with Gasteiger partial charge in [0, 0.05) is 5.92 Å². The maximum atomic E-state index is 13.4. The summed E-state index contributed by atoms with van der Waals surface area (Å²) in [5, 5.41) is 0. The van der Waals surface area contributed by atoms with E-state index in [2.05, 4.69) is 0 Å². The summed E-state index contributed by atoms with van der Waals surface area (Å²) in [6, 6.07) is 3.82. The molecular weight excluding hydrogens is 210 g/mol. The highest BCUT2D eigenvalue weighted by Crippen LogP contribution is 2.58. The van der Waals surface area contributed by atoms with Gasteiger partial charge in [0.05, 0.1) is 5.56 Å². The molecular formula is C13H12F2O. The Kier molecular flexibility index (Phi) is 2.09. The van der Waals surface area contributed by atoms with Crippen LogP contribution in [0.1, 0.15) is 29.6 Å². The quantitative estimate of drug-likeness (QED) is 0.702. The van der Waals surface area contributed by atoms with Crippen LogP contribution in [-0.2, 0) is 0 Å². The number of rotatable bonds is 2. The van der Waals surface area contributed by atoms with Crippen molar-refractivity contribution in [2.24, 2.45) is 17.8 Å². The first-order valence-corrected chi connectivity index (χ1v) is 5.68. The van der Waals surface area contributed by atoms with Crippen LogP contribution < -0.4 is 0 Å². The van der Waals surface area contributed by atoms with Crippen LogP contribution in [0.5, 0.6) is 0 Å². The number of hydrogen-bond acceptors (Lipinski definition) is 1. The molecule has 2 aliphatic rings. The molecule has 0 spiro atoms. The lowest BCUT2D eigenvalue weighted by Gasteiger charge is -2.04. The molecule has 1 nitrogen and oxygen atoms in total. The number of Topliss-reactive ketones (excluding diaryl/α,β-unsaturated/α-hetero) is 1. The summed E-state index contributed by atoms with van der Waals surface area (Å²) >= 11 is 0. The first kappa shape index (κ1) is 9.94. The fourth-order valence-corrected chi connectivity index (χ4v) is 3.08. The second-order valence-corrected chi connectivity index (χ2v) is 4.75. The van der Waals surface area contributed by atoms with Gasteiger partial charge in [-0.05, 0) is 36.8 Å². The van der Waals surface area contributed by atoms with Gasteiger partial charge in [-0.15, -0.1) is 0 Å². The Balaban J connectivity index is 1.88. The van der Waals surface area contributed by atoms with E-state index in [1.807, 2.05) is 0 Å². The van der Waals surface area contributed by atoms with E-state index < -0.39 is 11.6 Å². The minimum atomic E-state index is -0.988. The summed E-state index contributed by atoms with van der Waals surface area (Å²) in [7, 11) is 0. The average Bonchev–Trinajstić information content (AvgIpc) is 2.75. The molecule has 3 rings (SSSR count). The zero-order valence-corrected chi connectivity index (χ0v) is 8.75. The first-order valence-electron chi connectivity index (χ1n) is 5.68. The van der Waals surface area contributed by atoms with Crippen molar-refractivity contribution in [3.8, 4) is 0 Å². The predicted molar refractivity (Wildman–Crippen MR) is 55.0 cm³/mol. The number of ketones is 1. The van der Waals surface area contributed by atoms with E-state index in [1.54, 1.807) is 0 Å². The summed E-state index contributed by atoms with van der Waals surface area (Å²) in [5.74, 6) is -1.28. The van der Waals surface area contributed by atoms with E-state index in [0.717, 1.165) is 18.9 Å². The highest BCUT2D eigenvalue weighted by atomic mass is 19.2. The van der Waals surface area contributed by atoms with E-state index >= 15 is 0 Å². The van der Waals surface area contributed by atoms with Crippen molar-refractivity contribution in [3.63, 3.8) is 0 Å². The molecule has 0 bridgehead atoms. The van der Waals surface area contributed by atoms with Gasteiger partial charge in [-0.25, -0.2) is 8.78 Å². The maximum Gasteiger partial charge on any atom is 0.169 e. The molecule has 0 aromatic heterocycles. The fraction of sp³-hybridized carbons (Fsp3) is 0.462. The Hall–Kier alpha value is -1.25. The Labute approximate surface area is 92.5 Å². The second kappa shape index (κ2) is 3.37. The molecule has 2 aliphatic carbocycles. The summed E-state index contributed by atoms with van der Waals surface area (Å²) in [6.07, 6.45) is 3.31. The first-order chi connectivity index (χ1) is 7.70. The minimum Gasteiger partial charge on any atom is -0.294 e. The molecule has 84 valence electrons. The van der Waals surface area contributed by atoms with Crippen LogP contribution in [0, 0.1) is 29.4 Å². The van der Waals surface area contributed by atoms with Gasteiger partial charge in [-0.2, -0.15) is 0 Å². The Morgan fingerprint density at radius 2 is 1.88 bits per heavy atom. The van der Waals surface area contributed by atoms with Gasteiger partial charge in [0.1, 0.15) is 0 Å². The van der Waals surface area contributed by atoms with E-state index in [-0.39, 0.29) is 17.3 Å². The molecule has 0 N–H and O–H groups in total. The lowest BCUT2D eigenvalue weighted by molar-refractivity contribution is 0.0946. The van der Waals surface area contributed by atoms with E-state index in [0.29, 0.717) is 11.8 Å². The highest BCUT2D eigenvalue weighted by Gasteiger charge is 2.56. The van der Waals surface area contributed by atoms with Crippen LogP contribution in [0.2, 0.25) is 0 Å². The number of halogens is 2. The molecule has 3 heteroatoms. The van der Waals surface area contributed by atoms with Gasteiger partial charge in [0.2, 0.25) is 0 Å². The topological polar surface area (TPSA) is 17.1 Å². The zero-order valence-electron chi connectivity index (χ0n) is 8.75. The number of carbonyl (C=O) groups is 1. The van der Waals surface area contributed by atoms with Gasteiger partial charge in [0.25, 0.3) is 0 Å². The monoisotopic (exact) mass is 222 g/mol. The van der Waals surface area contributed by atoms with Crippen molar-refractivity contribution in [3.05, 3.63) is 35.4 Å².